The second kappa shape index (κ2) is 5.56. The van der Waals surface area contributed by atoms with Crippen molar-refractivity contribution in [1.82, 2.24) is 0 Å². The molecule has 0 bridgehead atoms. The molecule has 0 radical (unpaired) electrons. The Balaban J connectivity index is 0.000000492. The van der Waals surface area contributed by atoms with Gasteiger partial charge in [-0.2, -0.15) is 13.2 Å². The van der Waals surface area contributed by atoms with E-state index in [9.17, 15) is 17.6 Å². The van der Waals surface area contributed by atoms with Crippen molar-refractivity contribution in [3.8, 4) is 0 Å². The molecule has 0 fully saturated rings. The molecule has 1 aliphatic rings. The molecule has 0 aliphatic carbocycles. The number of rotatable bonds is 0. The van der Waals surface area contributed by atoms with Gasteiger partial charge in [-0.25, -0.2) is 10.2 Å². The Morgan fingerprint density at radius 3 is 2.33 bits per heavy atom. The quantitative estimate of drug-likeness (QED) is 0.574. The summed E-state index contributed by atoms with van der Waals surface area (Å²) in [7, 11) is 0. The summed E-state index contributed by atoms with van der Waals surface area (Å²) in [5, 5.41) is 1.20. The molecule has 0 saturated carbocycles. The summed E-state index contributed by atoms with van der Waals surface area (Å²) in [4.78, 5) is 0. The summed E-state index contributed by atoms with van der Waals surface area (Å²) in [6.07, 6.45) is -2.95. The Kier molecular flexibility index (Phi) is 4.56. The van der Waals surface area contributed by atoms with E-state index in [2.05, 4.69) is 13.8 Å². The van der Waals surface area contributed by atoms with Gasteiger partial charge in [0.25, 0.3) is 0 Å². The largest absolute Gasteiger partial charge is 0.419 e. The van der Waals surface area contributed by atoms with Gasteiger partial charge in [-0.1, -0.05) is 20.3 Å². The van der Waals surface area contributed by atoms with Gasteiger partial charge in [-0.3, -0.25) is 0 Å². The Labute approximate surface area is 103 Å². The van der Waals surface area contributed by atoms with Crippen LogP contribution in [0.15, 0.2) is 12.1 Å². The van der Waals surface area contributed by atoms with Crippen LogP contribution in [0.2, 0.25) is 0 Å². The Hall–Kier alpha value is -1.30. The Morgan fingerprint density at radius 1 is 1.28 bits per heavy atom. The highest BCUT2D eigenvalue weighted by Gasteiger charge is 2.36. The van der Waals surface area contributed by atoms with E-state index in [1.54, 1.807) is 0 Å². The van der Waals surface area contributed by atoms with Gasteiger partial charge in [0, 0.05) is 6.54 Å². The molecule has 0 atom stereocenters. The fraction of sp³-hybridized carbons (Fsp3) is 0.500. The molecule has 1 aromatic rings. The third-order valence-electron chi connectivity index (χ3n) is 2.41. The standard InChI is InChI=1S/C9H8F4N2.C3H8/c10-7-3-5-1-2-15(14)8(5)4-6(7)9(11,12)13;1-3-2/h3-4H,1-2,14H2;3H2,1-2H3. The van der Waals surface area contributed by atoms with E-state index < -0.39 is 17.6 Å². The number of alkyl halides is 3. The van der Waals surface area contributed by atoms with Gasteiger partial charge < -0.3 is 5.01 Å². The molecule has 1 heterocycles. The number of halogens is 4. The van der Waals surface area contributed by atoms with E-state index in [0.717, 1.165) is 12.1 Å². The third-order valence-corrected chi connectivity index (χ3v) is 2.41. The lowest BCUT2D eigenvalue weighted by molar-refractivity contribution is -0.139. The van der Waals surface area contributed by atoms with Crippen LogP contribution in [0.25, 0.3) is 0 Å². The molecule has 2 nitrogen and oxygen atoms in total. The zero-order valence-electron chi connectivity index (χ0n) is 10.3. The summed E-state index contributed by atoms with van der Waals surface area (Å²) in [5.41, 5.74) is -0.495. The summed E-state index contributed by atoms with van der Waals surface area (Å²) < 4.78 is 50.1. The number of hydrazine groups is 1. The minimum Gasteiger partial charge on any atom is -0.310 e. The summed E-state index contributed by atoms with van der Waals surface area (Å²) in [6, 6.07) is 1.67. The number of hydrogen-bond acceptors (Lipinski definition) is 2. The zero-order valence-corrected chi connectivity index (χ0v) is 10.3. The van der Waals surface area contributed by atoms with Gasteiger partial charge >= 0.3 is 6.18 Å². The van der Waals surface area contributed by atoms with Gasteiger partial charge in [0.15, 0.2) is 0 Å². The Morgan fingerprint density at radius 2 is 1.83 bits per heavy atom. The topological polar surface area (TPSA) is 29.3 Å². The van der Waals surface area contributed by atoms with Crippen molar-refractivity contribution in [1.29, 1.82) is 0 Å². The predicted octanol–water partition coefficient (Wildman–Crippen LogP) is 3.50. The van der Waals surface area contributed by atoms with E-state index in [0.29, 0.717) is 18.5 Å². The normalized spacial score (nSPS) is 14.1. The van der Waals surface area contributed by atoms with Gasteiger partial charge in [0.1, 0.15) is 5.82 Å². The number of fused-ring (bicyclic) bond motifs is 1. The number of nitrogens with zero attached hydrogens (tertiary/aromatic N) is 1. The molecule has 2 N–H and O–H groups in total. The highest BCUT2D eigenvalue weighted by molar-refractivity contribution is 5.59. The van der Waals surface area contributed by atoms with Crippen molar-refractivity contribution in [3.05, 3.63) is 29.1 Å². The highest BCUT2D eigenvalue weighted by atomic mass is 19.4. The van der Waals surface area contributed by atoms with Crippen LogP contribution in [0, 0.1) is 5.82 Å². The van der Waals surface area contributed by atoms with Crippen LogP contribution >= 0.6 is 0 Å². The van der Waals surface area contributed by atoms with Crippen molar-refractivity contribution in [2.24, 2.45) is 5.84 Å². The van der Waals surface area contributed by atoms with E-state index in [4.69, 9.17) is 5.84 Å². The first kappa shape index (κ1) is 14.8. The van der Waals surface area contributed by atoms with Gasteiger partial charge in [-0.05, 0) is 24.1 Å². The SMILES string of the molecule is CCC.NN1CCc2cc(F)c(C(F)(F)F)cc21. The Bertz CT molecular complexity index is 415. The molecule has 18 heavy (non-hydrogen) atoms. The molecule has 0 aromatic heterocycles. The molecule has 102 valence electrons. The van der Waals surface area contributed by atoms with E-state index in [1.165, 1.54) is 11.4 Å². The molecule has 6 heteroatoms. The fourth-order valence-electron chi connectivity index (χ4n) is 1.65. The van der Waals surface area contributed by atoms with Crippen molar-refractivity contribution in [2.75, 3.05) is 11.6 Å². The molecule has 1 aliphatic heterocycles. The molecule has 0 amide bonds. The molecule has 1 aromatic carbocycles. The molecule has 2 rings (SSSR count). The van der Waals surface area contributed by atoms with Crippen LogP contribution in [-0.4, -0.2) is 6.54 Å². The second-order valence-corrected chi connectivity index (χ2v) is 4.11. The molecule has 0 spiro atoms. The zero-order chi connectivity index (χ0) is 13.9. The number of nitrogens with two attached hydrogens (primary N) is 1. The lowest BCUT2D eigenvalue weighted by Gasteiger charge is -2.14. The predicted molar refractivity (Wildman–Crippen MR) is 62.6 cm³/mol. The van der Waals surface area contributed by atoms with Gasteiger partial charge in [-0.15, -0.1) is 0 Å². The van der Waals surface area contributed by atoms with E-state index in [-0.39, 0.29) is 5.69 Å². The summed E-state index contributed by atoms with van der Waals surface area (Å²) in [5.74, 6) is 4.21. The number of anilines is 1. The minimum atomic E-state index is -4.68. The van der Waals surface area contributed by atoms with Gasteiger partial charge in [0.05, 0.1) is 11.3 Å². The van der Waals surface area contributed by atoms with E-state index >= 15 is 0 Å². The molecular weight excluding hydrogens is 248 g/mol. The third kappa shape index (κ3) is 3.13. The van der Waals surface area contributed by atoms with Crippen LogP contribution in [0.5, 0.6) is 0 Å². The molecule has 0 unspecified atom stereocenters. The second-order valence-electron chi connectivity index (χ2n) is 4.11. The van der Waals surface area contributed by atoms with Crippen LogP contribution in [0.4, 0.5) is 23.2 Å². The summed E-state index contributed by atoms with van der Waals surface area (Å²) >= 11 is 0. The van der Waals surface area contributed by atoms with Crippen LogP contribution < -0.4 is 10.9 Å². The maximum atomic E-state index is 13.1. The number of hydrogen-bond donors (Lipinski definition) is 1. The van der Waals surface area contributed by atoms with Crippen LogP contribution in [0.3, 0.4) is 0 Å². The van der Waals surface area contributed by atoms with Crippen LogP contribution in [0.1, 0.15) is 31.4 Å². The van der Waals surface area contributed by atoms with E-state index in [1.807, 2.05) is 0 Å². The summed E-state index contributed by atoms with van der Waals surface area (Å²) in [6.45, 7) is 4.66. The van der Waals surface area contributed by atoms with Crippen LogP contribution in [-0.2, 0) is 12.6 Å². The molecular formula is C12H16F4N2. The smallest absolute Gasteiger partial charge is 0.310 e. The van der Waals surface area contributed by atoms with Crippen molar-refractivity contribution >= 4 is 5.69 Å². The minimum absolute atomic E-state index is 0.253. The first-order chi connectivity index (χ1) is 8.31. The monoisotopic (exact) mass is 264 g/mol. The first-order valence-electron chi connectivity index (χ1n) is 5.73. The number of benzene rings is 1. The van der Waals surface area contributed by atoms with Crippen molar-refractivity contribution in [2.45, 2.75) is 32.9 Å². The fourth-order valence-corrected chi connectivity index (χ4v) is 1.65. The van der Waals surface area contributed by atoms with Gasteiger partial charge in [0.2, 0.25) is 0 Å². The average Bonchev–Trinajstić information content (AvgIpc) is 2.58. The lowest BCUT2D eigenvalue weighted by Crippen LogP contribution is -2.28. The maximum absolute atomic E-state index is 13.1. The van der Waals surface area contributed by atoms with Crippen molar-refractivity contribution < 1.29 is 17.6 Å². The molecule has 0 saturated heterocycles. The lowest BCUT2D eigenvalue weighted by atomic mass is 10.1. The maximum Gasteiger partial charge on any atom is 0.419 e. The highest BCUT2D eigenvalue weighted by Crippen LogP contribution is 2.37. The average molecular weight is 264 g/mol. The first-order valence-corrected chi connectivity index (χ1v) is 5.73. The van der Waals surface area contributed by atoms with Crippen molar-refractivity contribution in [3.63, 3.8) is 0 Å².